The molecule has 16 heteroatoms. The summed E-state index contributed by atoms with van der Waals surface area (Å²) < 4.78 is 5.30. The number of carbonyl (C=O) groups excluding carboxylic acids is 1. The topological polar surface area (TPSA) is 310 Å². The third kappa shape index (κ3) is 28.3. The lowest BCUT2D eigenvalue weighted by molar-refractivity contribution is -0.159. The molecule has 0 amide bonds. The van der Waals surface area contributed by atoms with E-state index < -0.39 is 131 Å². The van der Waals surface area contributed by atoms with Crippen molar-refractivity contribution in [2.75, 3.05) is 52.9 Å². The van der Waals surface area contributed by atoms with E-state index in [0.29, 0.717) is 19.3 Å². The van der Waals surface area contributed by atoms with Gasteiger partial charge in [0.05, 0.1) is 88.8 Å². The molecular weight excluding hydrogens is 772 g/mol. The Labute approximate surface area is 352 Å². The third-order valence-electron chi connectivity index (χ3n) is 11.8. The molecule has 16 nitrogen and oxygen atoms in total. The molecule has 59 heavy (non-hydrogen) atoms. The Kier molecular flexibility index (Phi) is 36.8. The van der Waals surface area contributed by atoms with Gasteiger partial charge < -0.3 is 76.2 Å². The standard InChI is InChI=1S/C43H86O16/c44-23-32(51)17-15-13-11-9-7-5-3-1-2-4-6-8-10-12-14-16-31(18-33(52)24-45)39(19-34(53)25-46)40(20-35(54)26-47)41(21-36(55)27-48)42(22-37(56)28-49)43(58)59-30-38(57)29-50/h31-42,44-57H,1-30H2. The Balaban J connectivity index is 5.92. The summed E-state index contributed by atoms with van der Waals surface area (Å²) in [5.41, 5.74) is 0. The molecule has 0 fully saturated rings. The number of rotatable bonds is 42. The van der Waals surface area contributed by atoms with Gasteiger partial charge in [-0.1, -0.05) is 103 Å². The first kappa shape index (κ1) is 57.9. The molecule has 0 aromatic heterocycles. The van der Waals surface area contributed by atoms with Gasteiger partial charge in [0, 0.05) is 0 Å². The van der Waals surface area contributed by atoms with Gasteiger partial charge in [-0.25, -0.2) is 0 Å². The predicted octanol–water partition coefficient (Wildman–Crippen LogP) is 0.665. The summed E-state index contributed by atoms with van der Waals surface area (Å²) in [4.78, 5) is 13.7. The van der Waals surface area contributed by atoms with E-state index in [0.717, 1.165) is 51.4 Å². The molecule has 0 aliphatic rings. The normalized spacial score (nSPS) is 18.3. The Hall–Kier alpha value is -1.09. The van der Waals surface area contributed by atoms with Crippen LogP contribution in [0.25, 0.3) is 0 Å². The van der Waals surface area contributed by atoms with E-state index in [1.54, 1.807) is 0 Å². The van der Waals surface area contributed by atoms with Gasteiger partial charge in [0.1, 0.15) is 12.7 Å². The molecule has 0 aliphatic carbocycles. The summed E-state index contributed by atoms with van der Waals surface area (Å²) >= 11 is 0. The molecule has 0 radical (unpaired) electrons. The van der Waals surface area contributed by atoms with Crippen LogP contribution in [-0.4, -0.2) is 173 Å². The summed E-state index contributed by atoms with van der Waals surface area (Å²) in [6.07, 6.45) is 7.65. The number of aliphatic hydroxyl groups is 14. The van der Waals surface area contributed by atoms with E-state index in [-0.39, 0.29) is 32.3 Å². The summed E-state index contributed by atoms with van der Waals surface area (Å²) in [5, 5.41) is 141. The molecule has 0 aliphatic heterocycles. The van der Waals surface area contributed by atoms with Gasteiger partial charge in [0.2, 0.25) is 0 Å². The number of hydrogen-bond donors (Lipinski definition) is 14. The second-order valence-electron chi connectivity index (χ2n) is 16.9. The molecule has 0 aromatic carbocycles. The van der Waals surface area contributed by atoms with E-state index in [9.17, 15) is 71.2 Å². The Morgan fingerprint density at radius 1 is 0.339 bits per heavy atom. The summed E-state index contributed by atoms with van der Waals surface area (Å²) in [6.45, 7) is -4.87. The van der Waals surface area contributed by atoms with Crippen LogP contribution in [0.4, 0.5) is 0 Å². The van der Waals surface area contributed by atoms with Crippen LogP contribution in [0.15, 0.2) is 0 Å². The first-order valence-electron chi connectivity index (χ1n) is 22.5. The first-order valence-corrected chi connectivity index (χ1v) is 22.5. The van der Waals surface area contributed by atoms with Crippen LogP contribution in [0.1, 0.15) is 141 Å². The van der Waals surface area contributed by atoms with E-state index in [1.165, 1.54) is 38.5 Å². The zero-order chi connectivity index (χ0) is 44.4. The van der Waals surface area contributed by atoms with Crippen LogP contribution < -0.4 is 0 Å². The highest BCUT2D eigenvalue weighted by atomic mass is 16.5. The number of esters is 1. The van der Waals surface area contributed by atoms with Crippen molar-refractivity contribution < 1.29 is 81.0 Å². The number of carbonyl (C=O) groups is 1. The fourth-order valence-electron chi connectivity index (χ4n) is 8.45. The van der Waals surface area contributed by atoms with Crippen LogP contribution >= 0.6 is 0 Å². The van der Waals surface area contributed by atoms with Gasteiger partial charge in [-0.15, -0.1) is 0 Å². The minimum absolute atomic E-state index is 0.0478. The highest BCUT2D eigenvalue weighted by Gasteiger charge is 2.44. The molecular formula is C43H86O16. The van der Waals surface area contributed by atoms with Crippen LogP contribution in [0.2, 0.25) is 0 Å². The van der Waals surface area contributed by atoms with Crippen LogP contribution in [0.5, 0.6) is 0 Å². The predicted molar refractivity (Wildman–Crippen MR) is 222 cm³/mol. The van der Waals surface area contributed by atoms with Crippen molar-refractivity contribution in [2.24, 2.45) is 29.6 Å². The van der Waals surface area contributed by atoms with Crippen molar-refractivity contribution in [3.63, 3.8) is 0 Å². The van der Waals surface area contributed by atoms with E-state index in [1.807, 2.05) is 0 Å². The average molecular weight is 859 g/mol. The van der Waals surface area contributed by atoms with Gasteiger partial charge >= 0.3 is 5.97 Å². The monoisotopic (exact) mass is 859 g/mol. The summed E-state index contributed by atoms with van der Waals surface area (Å²) in [6, 6.07) is 0. The van der Waals surface area contributed by atoms with Gasteiger partial charge in [-0.05, 0) is 62.2 Å². The van der Waals surface area contributed by atoms with Crippen LogP contribution in [0.3, 0.4) is 0 Å². The first-order chi connectivity index (χ1) is 28.3. The lowest BCUT2D eigenvalue weighted by atomic mass is 9.63. The maximum atomic E-state index is 13.7. The molecule has 0 heterocycles. The third-order valence-corrected chi connectivity index (χ3v) is 11.8. The zero-order valence-corrected chi connectivity index (χ0v) is 35.7. The average Bonchev–Trinajstić information content (AvgIpc) is 3.24. The molecule has 12 unspecified atom stereocenters. The maximum Gasteiger partial charge on any atom is 0.309 e. The lowest BCUT2D eigenvalue weighted by Crippen LogP contribution is -2.44. The van der Waals surface area contributed by atoms with E-state index in [4.69, 9.17) is 9.84 Å². The minimum atomic E-state index is -1.45. The maximum absolute atomic E-state index is 13.7. The van der Waals surface area contributed by atoms with Crippen molar-refractivity contribution >= 4 is 5.97 Å². The van der Waals surface area contributed by atoms with E-state index in [2.05, 4.69) is 0 Å². The second kappa shape index (κ2) is 37.5. The molecule has 0 rings (SSSR count). The summed E-state index contributed by atoms with van der Waals surface area (Å²) in [5.74, 6) is -5.42. The highest BCUT2D eigenvalue weighted by molar-refractivity contribution is 5.73. The van der Waals surface area contributed by atoms with Crippen molar-refractivity contribution in [2.45, 2.75) is 184 Å². The Morgan fingerprint density at radius 3 is 1.07 bits per heavy atom. The Bertz CT molecular complexity index is 949. The highest BCUT2D eigenvalue weighted by Crippen LogP contribution is 2.45. The minimum Gasteiger partial charge on any atom is -0.463 e. The van der Waals surface area contributed by atoms with Crippen molar-refractivity contribution in [1.82, 2.24) is 0 Å². The lowest BCUT2D eigenvalue weighted by Gasteiger charge is -2.43. The largest absolute Gasteiger partial charge is 0.463 e. The number of unbranched alkanes of at least 4 members (excludes halogenated alkanes) is 14. The van der Waals surface area contributed by atoms with Gasteiger partial charge in [-0.3, -0.25) is 4.79 Å². The molecule has 0 aromatic rings. The van der Waals surface area contributed by atoms with Crippen molar-refractivity contribution in [3.05, 3.63) is 0 Å². The fraction of sp³-hybridized carbons (Fsp3) is 0.977. The number of hydrogen-bond acceptors (Lipinski definition) is 16. The smallest absolute Gasteiger partial charge is 0.309 e. The molecule has 14 N–H and O–H groups in total. The molecule has 354 valence electrons. The van der Waals surface area contributed by atoms with Gasteiger partial charge in [0.15, 0.2) is 0 Å². The quantitative estimate of drug-likeness (QED) is 0.0296. The van der Waals surface area contributed by atoms with Crippen LogP contribution in [0, 0.1) is 29.6 Å². The molecule has 0 saturated heterocycles. The zero-order valence-electron chi connectivity index (χ0n) is 35.7. The van der Waals surface area contributed by atoms with Crippen LogP contribution in [-0.2, 0) is 9.53 Å². The fourth-order valence-corrected chi connectivity index (χ4v) is 8.45. The Morgan fingerprint density at radius 2 is 0.661 bits per heavy atom. The second-order valence-corrected chi connectivity index (χ2v) is 16.9. The van der Waals surface area contributed by atoms with Gasteiger partial charge in [-0.2, -0.15) is 0 Å². The van der Waals surface area contributed by atoms with Gasteiger partial charge in [0.25, 0.3) is 0 Å². The van der Waals surface area contributed by atoms with E-state index >= 15 is 0 Å². The van der Waals surface area contributed by atoms with Crippen molar-refractivity contribution in [3.8, 4) is 0 Å². The number of aliphatic hydroxyl groups excluding tert-OH is 14. The molecule has 0 bridgehead atoms. The summed E-state index contributed by atoms with van der Waals surface area (Å²) in [7, 11) is 0. The number of ether oxygens (including phenoxy) is 1. The molecule has 12 atom stereocenters. The van der Waals surface area contributed by atoms with Crippen molar-refractivity contribution in [1.29, 1.82) is 0 Å². The molecule has 0 saturated carbocycles. The molecule has 0 spiro atoms. The SMILES string of the molecule is O=C(OCC(O)CO)C(CC(O)CO)C(CC(O)CO)C(CC(O)CO)C(CC(O)CO)C(CCCCCCCCCCCCCCCCCC(O)CO)CC(O)CO.